The van der Waals surface area contributed by atoms with E-state index in [4.69, 9.17) is 4.74 Å². The summed E-state index contributed by atoms with van der Waals surface area (Å²) in [6, 6.07) is 6.49. The van der Waals surface area contributed by atoms with Crippen molar-refractivity contribution in [1.29, 1.82) is 0 Å². The molecule has 3 aliphatic heterocycles. The minimum Gasteiger partial charge on any atom is -0.466 e. The van der Waals surface area contributed by atoms with Gasteiger partial charge in [-0.3, -0.25) is 14.9 Å². The molecule has 10 nitrogen and oxygen atoms in total. The molecular weight excluding hydrogens is 522 g/mol. The molecule has 5 rings (SSSR count). The zero-order valence-corrected chi connectivity index (χ0v) is 20.9. The third kappa shape index (κ3) is 4.31. The van der Waals surface area contributed by atoms with Crippen LogP contribution < -0.4 is 15.4 Å². The summed E-state index contributed by atoms with van der Waals surface area (Å²) < 4.78 is 59.9. The molecule has 1 unspecified atom stereocenters. The average Bonchev–Trinajstić information content (AvgIpc) is 3.33. The zero-order chi connectivity index (χ0) is 27.2. The van der Waals surface area contributed by atoms with Crippen LogP contribution in [0.3, 0.4) is 0 Å². The van der Waals surface area contributed by atoms with Crippen LogP contribution in [0.2, 0.25) is 0 Å². The Labute approximate surface area is 217 Å². The Morgan fingerprint density at radius 1 is 1.11 bits per heavy atom. The molecule has 1 atom stereocenters. The van der Waals surface area contributed by atoms with Crippen molar-refractivity contribution in [2.75, 3.05) is 19.6 Å². The Balaban J connectivity index is 1.36. The molecule has 2 saturated heterocycles. The average molecular weight is 547 g/mol. The second-order valence-electron chi connectivity index (χ2n) is 9.40. The van der Waals surface area contributed by atoms with E-state index in [1.807, 2.05) is 0 Å². The van der Waals surface area contributed by atoms with Gasteiger partial charge < -0.3 is 15.0 Å². The van der Waals surface area contributed by atoms with Gasteiger partial charge >= 0.3 is 6.03 Å². The number of carbonyl (C=O) groups excluding carboxylic acids is 3. The Kier molecular flexibility index (Phi) is 6.43. The molecule has 4 amide bonds. The van der Waals surface area contributed by atoms with Gasteiger partial charge in [0.2, 0.25) is 10.0 Å². The monoisotopic (exact) mass is 546 g/mol. The molecule has 2 N–H and O–H groups in total. The molecule has 0 aromatic heterocycles. The van der Waals surface area contributed by atoms with Crippen LogP contribution in [0.1, 0.15) is 28.8 Å². The summed E-state index contributed by atoms with van der Waals surface area (Å²) in [4.78, 5) is 39.3. The van der Waals surface area contributed by atoms with Crippen LogP contribution in [0.4, 0.5) is 13.6 Å². The SMILES string of the molecule is C=COc1ccc2c(c1)CN(CC1(C3CCN(S(=O)(=O)c4ccc(F)cc4F)CC3)NC(=O)NC1=O)C2=O. The first kappa shape index (κ1) is 25.8. The van der Waals surface area contributed by atoms with Crippen LogP contribution in [-0.4, -0.2) is 60.6 Å². The number of hydrogen-bond acceptors (Lipinski definition) is 6. The summed E-state index contributed by atoms with van der Waals surface area (Å²) in [5.74, 6) is -3.03. The van der Waals surface area contributed by atoms with Crippen molar-refractivity contribution in [3.8, 4) is 5.75 Å². The summed E-state index contributed by atoms with van der Waals surface area (Å²) in [6.45, 7) is 3.44. The van der Waals surface area contributed by atoms with Crippen LogP contribution in [0, 0.1) is 17.6 Å². The number of halogens is 2. The first-order valence-electron chi connectivity index (χ1n) is 11.8. The maximum Gasteiger partial charge on any atom is 0.322 e. The number of fused-ring (bicyclic) bond motifs is 1. The first-order valence-corrected chi connectivity index (χ1v) is 13.3. The molecule has 0 aliphatic carbocycles. The summed E-state index contributed by atoms with van der Waals surface area (Å²) >= 11 is 0. The van der Waals surface area contributed by atoms with Gasteiger partial charge in [-0.05, 0) is 54.7 Å². The summed E-state index contributed by atoms with van der Waals surface area (Å²) in [5.41, 5.74) is -0.341. The van der Waals surface area contributed by atoms with E-state index in [0.29, 0.717) is 22.9 Å². The summed E-state index contributed by atoms with van der Waals surface area (Å²) in [7, 11) is -4.26. The van der Waals surface area contributed by atoms with Crippen molar-refractivity contribution < 1.29 is 36.3 Å². The van der Waals surface area contributed by atoms with E-state index >= 15 is 0 Å². The third-order valence-corrected chi connectivity index (χ3v) is 9.18. The number of benzene rings is 2. The lowest BCUT2D eigenvalue weighted by Crippen LogP contribution is -2.62. The van der Waals surface area contributed by atoms with Gasteiger partial charge in [0.05, 0.1) is 12.8 Å². The number of imide groups is 1. The lowest BCUT2D eigenvalue weighted by atomic mass is 9.77. The fourth-order valence-electron chi connectivity index (χ4n) is 5.40. The maximum atomic E-state index is 14.2. The van der Waals surface area contributed by atoms with Crippen molar-refractivity contribution in [3.63, 3.8) is 0 Å². The van der Waals surface area contributed by atoms with Crippen molar-refractivity contribution in [2.45, 2.75) is 29.8 Å². The first-order chi connectivity index (χ1) is 18.0. The standard InChI is InChI=1S/C25H24F2N4O6S/c1-2-37-18-4-5-19-15(11-18)13-30(22(19)32)14-25(23(33)28-24(34)29-25)16-7-9-31(10-8-16)38(35,36)21-6-3-17(26)12-20(21)27/h2-6,11-12,16H,1,7-10,13-14H2,(H2,28,29,33,34). The van der Waals surface area contributed by atoms with Crippen LogP contribution in [0.5, 0.6) is 5.75 Å². The van der Waals surface area contributed by atoms with E-state index in [1.165, 1.54) is 11.2 Å². The zero-order valence-electron chi connectivity index (χ0n) is 20.1. The number of nitrogens with zero attached hydrogens (tertiary/aromatic N) is 2. The van der Waals surface area contributed by atoms with Gasteiger partial charge in [-0.25, -0.2) is 22.0 Å². The number of urea groups is 1. The van der Waals surface area contributed by atoms with Gasteiger partial charge in [-0.1, -0.05) is 6.58 Å². The predicted molar refractivity (Wildman–Crippen MR) is 129 cm³/mol. The number of nitrogens with one attached hydrogen (secondary N) is 2. The molecular formula is C25H24F2N4O6S. The fraction of sp³-hybridized carbons (Fsp3) is 0.320. The number of rotatable bonds is 7. The lowest BCUT2D eigenvalue weighted by molar-refractivity contribution is -0.127. The Bertz CT molecular complexity index is 1460. The minimum absolute atomic E-state index is 0.0643. The Morgan fingerprint density at radius 3 is 2.47 bits per heavy atom. The van der Waals surface area contributed by atoms with Crippen LogP contribution >= 0.6 is 0 Å². The maximum absolute atomic E-state index is 14.2. The Hall–Kier alpha value is -3.84. The molecule has 0 saturated carbocycles. The van der Waals surface area contributed by atoms with E-state index in [-0.39, 0.29) is 44.9 Å². The molecule has 0 radical (unpaired) electrons. The van der Waals surface area contributed by atoms with E-state index < -0.39 is 49.9 Å². The van der Waals surface area contributed by atoms with E-state index in [1.54, 1.807) is 18.2 Å². The van der Waals surface area contributed by atoms with Gasteiger partial charge in [0.1, 0.15) is 27.8 Å². The largest absolute Gasteiger partial charge is 0.466 e. The predicted octanol–water partition coefficient (Wildman–Crippen LogP) is 2.12. The second-order valence-corrected chi connectivity index (χ2v) is 11.3. The van der Waals surface area contributed by atoms with Gasteiger partial charge in [0, 0.05) is 31.3 Å². The number of ether oxygens (including phenoxy) is 1. The van der Waals surface area contributed by atoms with Crippen molar-refractivity contribution in [2.24, 2.45) is 5.92 Å². The van der Waals surface area contributed by atoms with Crippen molar-refractivity contribution >= 4 is 27.9 Å². The number of hydrogen-bond donors (Lipinski definition) is 2. The van der Waals surface area contributed by atoms with Crippen LogP contribution in [-0.2, 0) is 21.4 Å². The van der Waals surface area contributed by atoms with Crippen LogP contribution in [0.25, 0.3) is 0 Å². The van der Waals surface area contributed by atoms with Gasteiger partial charge in [-0.2, -0.15) is 4.31 Å². The Morgan fingerprint density at radius 2 is 1.84 bits per heavy atom. The lowest BCUT2D eigenvalue weighted by Gasteiger charge is -2.41. The number of sulfonamides is 1. The van der Waals surface area contributed by atoms with Gasteiger partial charge in [-0.15, -0.1) is 0 Å². The molecule has 13 heteroatoms. The van der Waals surface area contributed by atoms with Crippen LogP contribution in [0.15, 0.2) is 54.1 Å². The van der Waals surface area contributed by atoms with Crippen molar-refractivity contribution in [3.05, 3.63) is 72.0 Å². The van der Waals surface area contributed by atoms with Crippen molar-refractivity contribution in [1.82, 2.24) is 19.8 Å². The van der Waals surface area contributed by atoms with Gasteiger partial charge in [0.25, 0.3) is 11.8 Å². The smallest absolute Gasteiger partial charge is 0.322 e. The van der Waals surface area contributed by atoms with Gasteiger partial charge in [0.15, 0.2) is 0 Å². The number of amides is 4. The topological polar surface area (TPSA) is 125 Å². The quantitative estimate of drug-likeness (QED) is 0.405. The van der Waals surface area contributed by atoms with E-state index in [2.05, 4.69) is 17.2 Å². The van der Waals surface area contributed by atoms with E-state index in [9.17, 15) is 31.6 Å². The highest BCUT2D eigenvalue weighted by atomic mass is 32.2. The highest BCUT2D eigenvalue weighted by molar-refractivity contribution is 7.89. The number of piperidine rings is 1. The molecule has 2 fully saturated rings. The summed E-state index contributed by atoms with van der Waals surface area (Å²) in [6.07, 6.45) is 1.57. The number of carbonyl (C=O) groups is 3. The molecule has 0 spiro atoms. The normalized spacial score (nSPS) is 22.3. The summed E-state index contributed by atoms with van der Waals surface area (Å²) in [5, 5.41) is 4.94. The molecule has 2 aromatic carbocycles. The molecule has 3 heterocycles. The molecule has 38 heavy (non-hydrogen) atoms. The fourth-order valence-corrected chi connectivity index (χ4v) is 6.92. The molecule has 3 aliphatic rings. The highest BCUT2D eigenvalue weighted by Gasteiger charge is 2.55. The second kappa shape index (κ2) is 9.48. The third-order valence-electron chi connectivity index (χ3n) is 7.25. The highest BCUT2D eigenvalue weighted by Crippen LogP contribution is 2.36. The van der Waals surface area contributed by atoms with E-state index in [0.717, 1.165) is 16.4 Å². The molecule has 200 valence electrons. The molecule has 0 bridgehead atoms. The molecule has 2 aromatic rings. The minimum atomic E-state index is -4.26.